The lowest BCUT2D eigenvalue weighted by Gasteiger charge is -2.16. The number of thiophene rings is 1. The fourth-order valence-corrected chi connectivity index (χ4v) is 5.28. The van der Waals surface area contributed by atoms with Gasteiger partial charge >= 0.3 is 0 Å². The van der Waals surface area contributed by atoms with Crippen molar-refractivity contribution >= 4 is 11.3 Å². The number of phenolic OH excluding ortho intramolecular Hbond substituents is 1. The van der Waals surface area contributed by atoms with Gasteiger partial charge in [0.2, 0.25) is 11.7 Å². The molecule has 3 aromatic heterocycles. The van der Waals surface area contributed by atoms with Gasteiger partial charge in [0.05, 0.1) is 16.8 Å². The summed E-state index contributed by atoms with van der Waals surface area (Å²) in [5.74, 6) is -0.170. The number of phenols is 1. The molecule has 0 radical (unpaired) electrons. The van der Waals surface area contributed by atoms with Gasteiger partial charge in [-0.3, -0.25) is 9.36 Å². The Morgan fingerprint density at radius 2 is 1.81 bits per heavy atom. The molecular formula is C27H23FN4O3S. The molecule has 0 aliphatic carbocycles. The second-order valence-corrected chi connectivity index (χ2v) is 9.70. The molecule has 0 saturated carbocycles. The monoisotopic (exact) mass is 502 g/mol. The lowest BCUT2D eigenvalue weighted by molar-refractivity contribution is 0.394. The number of halogens is 1. The molecule has 0 saturated heterocycles. The van der Waals surface area contributed by atoms with Crippen LogP contribution in [-0.2, 0) is 13.0 Å². The van der Waals surface area contributed by atoms with Crippen LogP contribution in [0.5, 0.6) is 5.75 Å². The Morgan fingerprint density at radius 1 is 1.03 bits per heavy atom. The molecule has 5 aromatic rings. The van der Waals surface area contributed by atoms with E-state index in [1.165, 1.54) is 28.0 Å². The van der Waals surface area contributed by atoms with E-state index in [-0.39, 0.29) is 16.9 Å². The summed E-state index contributed by atoms with van der Waals surface area (Å²) in [5.41, 5.74) is 2.65. The summed E-state index contributed by atoms with van der Waals surface area (Å²) in [6.07, 6.45) is 0.560. The molecule has 3 heterocycles. The smallest absolute Gasteiger partial charge is 0.262 e. The van der Waals surface area contributed by atoms with Crippen molar-refractivity contribution in [2.45, 2.75) is 33.7 Å². The molecule has 0 fully saturated rings. The molecule has 2 aromatic carbocycles. The van der Waals surface area contributed by atoms with E-state index in [1.807, 2.05) is 43.3 Å². The Bertz CT molecular complexity index is 1620. The van der Waals surface area contributed by atoms with Gasteiger partial charge in [0.25, 0.3) is 5.56 Å². The van der Waals surface area contributed by atoms with E-state index < -0.39 is 11.6 Å². The molecule has 182 valence electrons. The van der Waals surface area contributed by atoms with Gasteiger partial charge in [-0.1, -0.05) is 41.6 Å². The third-order valence-electron chi connectivity index (χ3n) is 5.98. The first-order valence-electron chi connectivity index (χ1n) is 11.4. The van der Waals surface area contributed by atoms with Crippen LogP contribution in [0.15, 0.2) is 63.9 Å². The first kappa shape index (κ1) is 23.6. The minimum absolute atomic E-state index is 0.167. The normalized spacial score (nSPS) is 11.2. The number of nitrogens with zero attached hydrogens (tertiary/aromatic N) is 4. The average molecular weight is 503 g/mol. The van der Waals surface area contributed by atoms with Crippen LogP contribution in [-0.4, -0.2) is 24.8 Å². The number of aromatic hydroxyl groups is 1. The maximum Gasteiger partial charge on any atom is 0.262 e. The second kappa shape index (κ2) is 9.50. The highest BCUT2D eigenvalue weighted by atomic mass is 32.1. The van der Waals surface area contributed by atoms with Gasteiger partial charge < -0.3 is 9.63 Å². The third kappa shape index (κ3) is 4.33. The van der Waals surface area contributed by atoms with Crippen LogP contribution in [0.1, 0.15) is 22.0 Å². The summed E-state index contributed by atoms with van der Waals surface area (Å²) in [5, 5.41) is 14.5. The van der Waals surface area contributed by atoms with Gasteiger partial charge in [-0.05, 0) is 44.0 Å². The predicted octanol–water partition coefficient (Wildman–Crippen LogP) is 5.70. The van der Waals surface area contributed by atoms with Gasteiger partial charge in [-0.15, -0.1) is 11.3 Å². The highest BCUT2D eigenvalue weighted by Gasteiger charge is 2.23. The molecule has 0 atom stereocenters. The third-order valence-corrected chi connectivity index (χ3v) is 7.05. The molecule has 7 nitrogen and oxygen atoms in total. The quantitative estimate of drug-likeness (QED) is 0.320. The van der Waals surface area contributed by atoms with Crippen molar-refractivity contribution in [2.24, 2.45) is 0 Å². The van der Waals surface area contributed by atoms with Crippen molar-refractivity contribution in [3.63, 3.8) is 0 Å². The van der Waals surface area contributed by atoms with Crippen molar-refractivity contribution in [1.29, 1.82) is 0 Å². The zero-order valence-corrected chi connectivity index (χ0v) is 20.8. The van der Waals surface area contributed by atoms with E-state index in [0.717, 1.165) is 20.9 Å². The maximum atomic E-state index is 14.2. The Morgan fingerprint density at radius 3 is 2.53 bits per heavy atom. The summed E-state index contributed by atoms with van der Waals surface area (Å²) in [4.78, 5) is 24.6. The number of hydrogen-bond acceptors (Lipinski definition) is 7. The summed E-state index contributed by atoms with van der Waals surface area (Å²) in [6, 6.07) is 15.9. The largest absolute Gasteiger partial charge is 0.504 e. The Balaban J connectivity index is 1.67. The highest BCUT2D eigenvalue weighted by Crippen LogP contribution is 2.37. The molecule has 0 spiro atoms. The Labute approximate surface area is 210 Å². The molecule has 9 heteroatoms. The molecule has 36 heavy (non-hydrogen) atoms. The Kier molecular flexibility index (Phi) is 6.24. The zero-order chi connectivity index (χ0) is 25.4. The molecule has 5 rings (SSSR count). The summed E-state index contributed by atoms with van der Waals surface area (Å²) in [6.45, 7) is 5.70. The molecular weight excluding hydrogens is 479 g/mol. The van der Waals surface area contributed by atoms with Gasteiger partial charge in [0.1, 0.15) is 5.82 Å². The lowest BCUT2D eigenvalue weighted by Crippen LogP contribution is -2.27. The molecule has 0 aliphatic heterocycles. The van der Waals surface area contributed by atoms with Crippen molar-refractivity contribution in [3.8, 4) is 39.0 Å². The fraction of sp³-hybridized carbons (Fsp3) is 0.185. The topological polar surface area (TPSA) is 94.0 Å². The maximum absolute atomic E-state index is 14.2. The number of rotatable bonds is 6. The Hall–Kier alpha value is -4.11. The fourth-order valence-electron chi connectivity index (χ4n) is 4.18. The van der Waals surface area contributed by atoms with E-state index in [1.54, 1.807) is 19.9 Å². The molecule has 0 bridgehead atoms. The van der Waals surface area contributed by atoms with Gasteiger partial charge in [-0.2, -0.15) is 4.98 Å². The minimum atomic E-state index is -0.771. The first-order chi connectivity index (χ1) is 17.3. The molecule has 0 amide bonds. The summed E-state index contributed by atoms with van der Waals surface area (Å²) >= 11 is 1.45. The summed E-state index contributed by atoms with van der Waals surface area (Å²) in [7, 11) is 0. The standard InChI is InChI=1S/C27H23FN4O3S/c1-15-23(22-14-20(16(2)36-22)25-30-17(3)35-31-25)27(34)32(13-12-18-8-5-4-6-9-18)26(29-15)19-10-7-11-21(28)24(19)33/h4-11,14,33H,12-13H2,1-3H3. The van der Waals surface area contributed by atoms with Crippen LogP contribution in [0, 0.1) is 26.6 Å². The van der Waals surface area contributed by atoms with Crippen LogP contribution in [0.25, 0.3) is 33.2 Å². The number of hydrogen-bond donors (Lipinski definition) is 1. The predicted molar refractivity (Wildman–Crippen MR) is 137 cm³/mol. The van der Waals surface area contributed by atoms with Gasteiger partial charge in [-0.25, -0.2) is 9.37 Å². The van der Waals surface area contributed by atoms with E-state index in [2.05, 4.69) is 10.1 Å². The minimum Gasteiger partial charge on any atom is -0.504 e. The van der Waals surface area contributed by atoms with Crippen LogP contribution in [0.3, 0.4) is 0 Å². The van der Waals surface area contributed by atoms with Crippen molar-refractivity contribution < 1.29 is 14.0 Å². The van der Waals surface area contributed by atoms with E-state index in [4.69, 9.17) is 9.51 Å². The average Bonchev–Trinajstić information content (AvgIpc) is 3.46. The van der Waals surface area contributed by atoms with E-state index in [0.29, 0.717) is 35.9 Å². The van der Waals surface area contributed by atoms with Crippen molar-refractivity contribution in [1.82, 2.24) is 19.7 Å². The SMILES string of the molecule is Cc1nc(-c2cc(-c3c(C)nc(-c4cccc(F)c4O)n(CCc4ccccc4)c3=O)sc2C)no1. The van der Waals surface area contributed by atoms with Gasteiger partial charge in [0, 0.05) is 28.8 Å². The van der Waals surface area contributed by atoms with Crippen molar-refractivity contribution in [3.05, 3.63) is 92.8 Å². The number of benzene rings is 2. The number of aryl methyl sites for hydroxylation is 4. The van der Waals surface area contributed by atoms with Crippen LogP contribution >= 0.6 is 11.3 Å². The number of aromatic nitrogens is 4. The summed E-state index contributed by atoms with van der Waals surface area (Å²) < 4.78 is 20.9. The van der Waals surface area contributed by atoms with Crippen LogP contribution in [0.2, 0.25) is 0 Å². The highest BCUT2D eigenvalue weighted by molar-refractivity contribution is 7.16. The van der Waals surface area contributed by atoms with Gasteiger partial charge in [0.15, 0.2) is 11.6 Å². The van der Waals surface area contributed by atoms with Crippen molar-refractivity contribution in [2.75, 3.05) is 0 Å². The molecule has 0 aliphatic rings. The zero-order valence-electron chi connectivity index (χ0n) is 19.9. The van der Waals surface area contributed by atoms with Crippen LogP contribution < -0.4 is 5.56 Å². The second-order valence-electron chi connectivity index (χ2n) is 8.44. The first-order valence-corrected chi connectivity index (χ1v) is 12.2. The molecule has 1 N–H and O–H groups in total. The van der Waals surface area contributed by atoms with Crippen LogP contribution in [0.4, 0.5) is 4.39 Å². The lowest BCUT2D eigenvalue weighted by atomic mass is 10.1. The number of para-hydroxylation sites is 1. The van der Waals surface area contributed by atoms with E-state index in [9.17, 15) is 14.3 Å². The van der Waals surface area contributed by atoms with E-state index >= 15 is 0 Å². The molecule has 0 unspecified atom stereocenters.